The zero-order valence-corrected chi connectivity index (χ0v) is 10.0. The number of carboxylic acid groups (broad SMARTS) is 1. The second-order valence-electron chi connectivity index (χ2n) is 3.74. The lowest BCUT2D eigenvalue weighted by molar-refractivity contribution is -0.385. The fraction of sp³-hybridized carbons (Fsp3) is 0.0909. The van der Waals surface area contributed by atoms with E-state index >= 15 is 0 Å². The van der Waals surface area contributed by atoms with Gasteiger partial charge in [0.05, 0.1) is 16.6 Å². The maximum Gasteiger partial charge on any atom is 0.272 e. The molecule has 2 aromatic rings. The van der Waals surface area contributed by atoms with Gasteiger partial charge in [-0.25, -0.2) is 4.68 Å². The molecule has 0 aliphatic heterocycles. The van der Waals surface area contributed by atoms with Crippen LogP contribution in [0.15, 0.2) is 42.0 Å². The molecule has 0 spiro atoms. The van der Waals surface area contributed by atoms with Crippen molar-refractivity contribution in [3.05, 3.63) is 52.6 Å². The molecule has 0 N–H and O–H groups in total. The number of hydrogen-bond donors (Lipinski definition) is 0. The minimum atomic E-state index is -1.52. The zero-order valence-electron chi connectivity index (χ0n) is 10.0. The van der Waals surface area contributed by atoms with Crippen molar-refractivity contribution in [2.45, 2.75) is 6.42 Å². The third kappa shape index (κ3) is 3.02. The highest BCUT2D eigenvalue weighted by Crippen LogP contribution is 2.18. The van der Waals surface area contributed by atoms with Crippen LogP contribution in [-0.2, 0) is 11.2 Å². The molecule has 0 saturated carbocycles. The Hall–Kier alpha value is -3.10. The fourth-order valence-electron chi connectivity index (χ4n) is 1.55. The summed E-state index contributed by atoms with van der Waals surface area (Å²) in [6, 6.07) is 5.83. The number of para-hydroxylation sites is 1. The van der Waals surface area contributed by atoms with Gasteiger partial charge in [-0.15, -0.1) is 10.2 Å². The number of nitrogens with zero attached hydrogens (tertiary/aromatic N) is 5. The van der Waals surface area contributed by atoms with Gasteiger partial charge >= 0.3 is 0 Å². The van der Waals surface area contributed by atoms with Gasteiger partial charge in [0.15, 0.2) is 0 Å². The Balaban J connectivity index is 2.35. The van der Waals surface area contributed by atoms with E-state index in [1.807, 2.05) is 0 Å². The lowest BCUT2D eigenvalue weighted by Crippen LogP contribution is -2.33. The minimum absolute atomic E-state index is 0.176. The van der Waals surface area contributed by atoms with Crippen molar-refractivity contribution in [1.29, 1.82) is 0 Å². The van der Waals surface area contributed by atoms with Gasteiger partial charge in [0.25, 0.3) is 5.69 Å². The van der Waals surface area contributed by atoms with Gasteiger partial charge in [0, 0.05) is 18.1 Å². The average Bonchev–Trinajstić information content (AvgIpc) is 2.91. The van der Waals surface area contributed by atoms with Crippen molar-refractivity contribution in [2.75, 3.05) is 0 Å². The van der Waals surface area contributed by atoms with Crippen LogP contribution in [0.3, 0.4) is 0 Å². The van der Waals surface area contributed by atoms with E-state index in [-0.39, 0.29) is 23.4 Å². The summed E-state index contributed by atoms with van der Waals surface area (Å²) in [7, 11) is 0. The summed E-state index contributed by atoms with van der Waals surface area (Å²) >= 11 is 0. The van der Waals surface area contributed by atoms with Gasteiger partial charge in [-0.2, -0.15) is 5.10 Å². The summed E-state index contributed by atoms with van der Waals surface area (Å²) in [5.74, 6) is -1.52. The second-order valence-corrected chi connectivity index (χ2v) is 3.74. The highest BCUT2D eigenvalue weighted by Gasteiger charge is 2.15. The first kappa shape index (κ1) is 13.3. The van der Waals surface area contributed by atoms with Crippen molar-refractivity contribution in [3.63, 3.8) is 0 Å². The molecule has 0 bridgehead atoms. The second kappa shape index (κ2) is 5.69. The lowest BCUT2D eigenvalue weighted by Gasteiger charge is -2.07. The predicted octanol–water partition coefficient (Wildman–Crippen LogP) is -0.617. The summed E-state index contributed by atoms with van der Waals surface area (Å²) in [4.78, 5) is 21.3. The molecule has 0 aliphatic carbocycles. The summed E-state index contributed by atoms with van der Waals surface area (Å²) < 4.78 is 1.08. The van der Waals surface area contributed by atoms with E-state index in [2.05, 4.69) is 15.3 Å². The van der Waals surface area contributed by atoms with Crippen molar-refractivity contribution >= 4 is 17.4 Å². The molecule has 0 unspecified atom stereocenters. The number of hydrogen-bond acceptors (Lipinski definition) is 7. The van der Waals surface area contributed by atoms with E-state index in [0.29, 0.717) is 0 Å². The standard InChI is InChI=1S/C11H9N5O4/c17-11(18)9(14-15-6-12-13-7-15)5-8-3-1-2-4-10(8)16(19)20/h1-4,6-7H,5H2,(H,17,18)/p-1/b14-9-. The molecule has 9 heteroatoms. The largest absolute Gasteiger partial charge is 0.543 e. The molecule has 0 aliphatic rings. The molecule has 20 heavy (non-hydrogen) atoms. The van der Waals surface area contributed by atoms with Crippen LogP contribution in [0.25, 0.3) is 0 Å². The monoisotopic (exact) mass is 274 g/mol. The van der Waals surface area contributed by atoms with E-state index in [4.69, 9.17) is 0 Å². The van der Waals surface area contributed by atoms with Gasteiger partial charge in [-0.3, -0.25) is 10.1 Å². The first-order valence-electron chi connectivity index (χ1n) is 5.44. The summed E-state index contributed by atoms with van der Waals surface area (Å²) in [6.45, 7) is 0. The maximum atomic E-state index is 11.0. The quantitative estimate of drug-likeness (QED) is 0.406. The molecule has 0 fully saturated rings. The number of carboxylic acids is 1. The van der Waals surface area contributed by atoms with Gasteiger partial charge in [0.2, 0.25) is 0 Å². The van der Waals surface area contributed by atoms with Gasteiger partial charge in [0.1, 0.15) is 12.7 Å². The van der Waals surface area contributed by atoms with Gasteiger partial charge in [-0.1, -0.05) is 18.2 Å². The summed E-state index contributed by atoms with van der Waals surface area (Å²) in [5.41, 5.74) is -0.308. The molecular formula is C11H8N5O4-. The number of nitro groups is 1. The van der Waals surface area contributed by atoms with Crippen LogP contribution in [-0.4, -0.2) is 31.5 Å². The topological polar surface area (TPSA) is 126 Å². The van der Waals surface area contributed by atoms with Crippen LogP contribution in [0.2, 0.25) is 0 Å². The van der Waals surface area contributed by atoms with E-state index in [1.165, 1.54) is 30.9 Å². The molecule has 9 nitrogen and oxygen atoms in total. The van der Waals surface area contributed by atoms with Crippen LogP contribution >= 0.6 is 0 Å². The predicted molar refractivity (Wildman–Crippen MR) is 64.7 cm³/mol. The maximum absolute atomic E-state index is 11.0. The Morgan fingerprint density at radius 3 is 2.55 bits per heavy atom. The van der Waals surface area contributed by atoms with Crippen LogP contribution in [0.4, 0.5) is 5.69 Å². The van der Waals surface area contributed by atoms with Gasteiger partial charge in [-0.05, 0) is 0 Å². The number of aliphatic carboxylic acids is 1. The SMILES string of the molecule is O=C([O-])/C(Cc1ccccc1[N+](=O)[O-])=N\n1cnnc1. The Morgan fingerprint density at radius 1 is 1.30 bits per heavy atom. The normalized spacial score (nSPS) is 11.3. The number of carbonyl (C=O) groups excluding carboxylic acids is 1. The number of carbonyl (C=O) groups is 1. The zero-order chi connectivity index (χ0) is 14.5. The highest BCUT2D eigenvalue weighted by atomic mass is 16.6. The first-order chi connectivity index (χ1) is 9.58. The van der Waals surface area contributed by atoms with Crippen molar-refractivity contribution in [3.8, 4) is 0 Å². The van der Waals surface area contributed by atoms with Crippen molar-refractivity contribution < 1.29 is 14.8 Å². The highest BCUT2D eigenvalue weighted by molar-refractivity contribution is 6.35. The van der Waals surface area contributed by atoms with E-state index in [1.54, 1.807) is 6.07 Å². The molecule has 102 valence electrons. The van der Waals surface area contributed by atoms with Crippen molar-refractivity contribution in [1.82, 2.24) is 14.9 Å². The van der Waals surface area contributed by atoms with Crippen molar-refractivity contribution in [2.24, 2.45) is 5.10 Å². The lowest BCUT2D eigenvalue weighted by atomic mass is 10.1. The number of aromatic nitrogens is 3. The molecule has 1 aromatic heterocycles. The van der Waals surface area contributed by atoms with E-state index in [9.17, 15) is 20.0 Å². The third-order valence-electron chi connectivity index (χ3n) is 2.42. The molecule has 0 amide bonds. The molecule has 0 radical (unpaired) electrons. The summed E-state index contributed by atoms with van der Waals surface area (Å²) in [5, 5.41) is 32.6. The molecule has 1 heterocycles. The van der Waals surface area contributed by atoms with E-state index < -0.39 is 10.9 Å². The summed E-state index contributed by atoms with van der Waals surface area (Å²) in [6.07, 6.45) is 2.16. The van der Waals surface area contributed by atoms with E-state index in [0.717, 1.165) is 4.68 Å². The average molecular weight is 274 g/mol. The minimum Gasteiger partial charge on any atom is -0.543 e. The molecule has 0 saturated heterocycles. The fourth-order valence-corrected chi connectivity index (χ4v) is 1.55. The number of nitro benzene ring substituents is 1. The van der Waals surface area contributed by atoms with Crippen LogP contribution in [0, 0.1) is 10.1 Å². The Morgan fingerprint density at radius 2 is 1.95 bits per heavy atom. The smallest absolute Gasteiger partial charge is 0.272 e. The number of rotatable bonds is 5. The van der Waals surface area contributed by atoms with Crippen LogP contribution in [0.5, 0.6) is 0 Å². The molecule has 0 atom stereocenters. The molecule has 2 rings (SSSR count). The van der Waals surface area contributed by atoms with Gasteiger partial charge < -0.3 is 9.90 Å². The van der Waals surface area contributed by atoms with Crippen LogP contribution < -0.4 is 5.11 Å². The van der Waals surface area contributed by atoms with Crippen LogP contribution in [0.1, 0.15) is 5.56 Å². The Kier molecular flexibility index (Phi) is 3.80. The Bertz CT molecular complexity index is 665. The first-order valence-corrected chi connectivity index (χ1v) is 5.44. The molecular weight excluding hydrogens is 266 g/mol. The number of benzene rings is 1. The molecule has 1 aromatic carbocycles. The Labute approximate surface area is 112 Å². The third-order valence-corrected chi connectivity index (χ3v) is 2.42.